The van der Waals surface area contributed by atoms with Crippen LogP contribution in [0.4, 0.5) is 21.0 Å². The molecule has 0 bridgehead atoms. The molecule has 0 aliphatic carbocycles. The van der Waals surface area contributed by atoms with E-state index in [1.54, 1.807) is 24.3 Å². The maximum Gasteiger partial charge on any atom is 0.322 e. The van der Waals surface area contributed by atoms with Crippen molar-refractivity contribution in [3.05, 3.63) is 131 Å². The zero-order valence-electron chi connectivity index (χ0n) is 34.1. The second-order valence-corrected chi connectivity index (χ2v) is 15.7. The van der Waals surface area contributed by atoms with Gasteiger partial charge in [0.1, 0.15) is 11.1 Å². The molecule has 4 aromatic carbocycles. The Kier molecular flexibility index (Phi) is 12.5. The number of hydrogen-bond donors (Lipinski definition) is 4. The van der Waals surface area contributed by atoms with E-state index >= 15 is 0 Å². The first-order valence-corrected chi connectivity index (χ1v) is 20.5. The molecule has 0 radical (unpaired) electrons. The lowest BCUT2D eigenvalue weighted by Gasteiger charge is -2.37. The molecule has 60 heavy (non-hydrogen) atoms. The Hall–Kier alpha value is -6.70. The normalized spacial score (nSPS) is 21.4. The van der Waals surface area contributed by atoms with Gasteiger partial charge in [-0.15, -0.1) is 0 Å². The van der Waals surface area contributed by atoms with Crippen LogP contribution in [-0.4, -0.2) is 97.8 Å². The molecule has 1 unspecified atom stereocenters. The van der Waals surface area contributed by atoms with Crippen LogP contribution in [-0.2, 0) is 30.3 Å². The zero-order valence-corrected chi connectivity index (χ0v) is 34.1. The minimum absolute atomic E-state index is 0.00342. The highest BCUT2D eigenvalue weighted by atomic mass is 16.2. The second kappa shape index (κ2) is 18.1. The molecule has 8 amide bonds. The Morgan fingerprint density at radius 2 is 0.817 bits per heavy atom. The molecule has 312 valence electrons. The highest BCUT2D eigenvalue weighted by molar-refractivity contribution is 6.08. The number of para-hydroxylation sites is 2. The van der Waals surface area contributed by atoms with Crippen LogP contribution in [0.3, 0.4) is 0 Å². The van der Waals surface area contributed by atoms with Crippen molar-refractivity contribution in [2.45, 2.75) is 50.6 Å². The van der Waals surface area contributed by atoms with E-state index in [-0.39, 0.29) is 37.5 Å². The number of imide groups is 2. The number of amides is 8. The van der Waals surface area contributed by atoms with Crippen molar-refractivity contribution in [2.24, 2.45) is 0 Å². The fraction of sp³-hybridized carbons (Fsp3) is 0.348. The van der Waals surface area contributed by atoms with Crippen molar-refractivity contribution in [3.63, 3.8) is 0 Å². The minimum atomic E-state index is -1.20. The van der Waals surface area contributed by atoms with Crippen molar-refractivity contribution < 1.29 is 28.8 Å². The molecule has 14 heteroatoms. The van der Waals surface area contributed by atoms with Gasteiger partial charge in [-0.1, -0.05) is 97.1 Å². The third-order valence-corrected chi connectivity index (χ3v) is 12.0. The van der Waals surface area contributed by atoms with E-state index in [1.165, 1.54) is 22.5 Å². The van der Waals surface area contributed by atoms with Gasteiger partial charge in [-0.05, 0) is 61.1 Å². The van der Waals surface area contributed by atoms with Crippen molar-refractivity contribution in [3.8, 4) is 0 Å². The standard InChI is InChI=1S/2C23H26N4O3/c2*1-17-7-5-6-10-19(17)26-13-15-27(16-14-26)20(28)11-12-23(18-8-3-2-4-9-18)21(29)24-22(30)25-23/h2*2-10H,11-16H2,1H3,(H2,24,25,29,30)/t23-;/m0./s1. The van der Waals surface area contributed by atoms with Gasteiger partial charge in [0.25, 0.3) is 11.8 Å². The minimum Gasteiger partial charge on any atom is -0.368 e. The summed E-state index contributed by atoms with van der Waals surface area (Å²) < 4.78 is 0. The summed E-state index contributed by atoms with van der Waals surface area (Å²) in [5, 5.41) is 10.1. The van der Waals surface area contributed by atoms with E-state index < -0.39 is 35.0 Å². The van der Waals surface area contributed by atoms with Gasteiger partial charge in [0.15, 0.2) is 0 Å². The molecule has 2 atom stereocenters. The fourth-order valence-electron chi connectivity index (χ4n) is 8.61. The second-order valence-electron chi connectivity index (χ2n) is 15.7. The molecule has 4 aliphatic rings. The van der Waals surface area contributed by atoms with Gasteiger partial charge >= 0.3 is 12.1 Å². The number of benzene rings is 4. The molecular weight excluding hydrogens is 761 g/mol. The highest BCUT2D eigenvalue weighted by Gasteiger charge is 2.49. The van der Waals surface area contributed by atoms with Crippen LogP contribution in [0.25, 0.3) is 0 Å². The summed E-state index contributed by atoms with van der Waals surface area (Å²) in [5.41, 5.74) is 3.84. The molecule has 4 N–H and O–H groups in total. The Balaban J connectivity index is 0.000000181. The van der Waals surface area contributed by atoms with Gasteiger partial charge in [-0.3, -0.25) is 29.8 Å². The van der Waals surface area contributed by atoms with E-state index in [9.17, 15) is 28.8 Å². The molecule has 4 aliphatic heterocycles. The zero-order chi connectivity index (χ0) is 42.3. The van der Waals surface area contributed by atoms with Gasteiger partial charge in [-0.25, -0.2) is 9.59 Å². The average Bonchev–Trinajstić information content (AvgIpc) is 3.75. The summed E-state index contributed by atoms with van der Waals surface area (Å²) in [5.74, 6) is -0.806. The average molecular weight is 813 g/mol. The van der Waals surface area contributed by atoms with E-state index in [0.29, 0.717) is 37.3 Å². The summed E-state index contributed by atoms with van der Waals surface area (Å²) >= 11 is 0. The maximum atomic E-state index is 12.9. The molecule has 8 rings (SSSR count). The number of anilines is 2. The number of piperazine rings is 2. The summed E-state index contributed by atoms with van der Waals surface area (Å²) in [6.07, 6.45) is 0.830. The van der Waals surface area contributed by atoms with E-state index in [0.717, 1.165) is 26.2 Å². The number of nitrogens with zero attached hydrogens (tertiary/aromatic N) is 4. The molecule has 0 spiro atoms. The fourth-order valence-corrected chi connectivity index (χ4v) is 8.61. The van der Waals surface area contributed by atoms with Crippen LogP contribution < -0.4 is 31.1 Å². The Morgan fingerprint density at radius 1 is 0.483 bits per heavy atom. The van der Waals surface area contributed by atoms with Crippen LogP contribution in [0.5, 0.6) is 0 Å². The highest BCUT2D eigenvalue weighted by Crippen LogP contribution is 2.32. The molecule has 4 aromatic rings. The number of hydrogen-bond acceptors (Lipinski definition) is 8. The first kappa shape index (κ1) is 41.5. The van der Waals surface area contributed by atoms with Crippen LogP contribution >= 0.6 is 0 Å². The van der Waals surface area contributed by atoms with Crippen LogP contribution in [0.1, 0.15) is 47.9 Å². The molecule has 4 heterocycles. The predicted octanol–water partition coefficient (Wildman–Crippen LogP) is 4.32. The predicted molar refractivity (Wildman–Crippen MR) is 228 cm³/mol. The lowest BCUT2D eigenvalue weighted by molar-refractivity contribution is -0.133. The summed E-state index contributed by atoms with van der Waals surface area (Å²) in [6, 6.07) is 33.7. The first-order valence-electron chi connectivity index (χ1n) is 20.5. The van der Waals surface area contributed by atoms with Crippen molar-refractivity contribution in [1.82, 2.24) is 31.1 Å². The molecular formula is C46H52N8O6. The lowest BCUT2D eigenvalue weighted by Crippen LogP contribution is -2.50. The summed E-state index contributed by atoms with van der Waals surface area (Å²) in [7, 11) is 0. The van der Waals surface area contributed by atoms with Crippen molar-refractivity contribution in [2.75, 3.05) is 62.2 Å². The Labute approximate surface area is 350 Å². The smallest absolute Gasteiger partial charge is 0.322 e. The molecule has 4 saturated heterocycles. The van der Waals surface area contributed by atoms with E-state index in [2.05, 4.69) is 69.2 Å². The lowest BCUT2D eigenvalue weighted by atomic mass is 9.85. The molecule has 4 fully saturated rings. The van der Waals surface area contributed by atoms with Crippen molar-refractivity contribution in [1.29, 1.82) is 0 Å². The topological polar surface area (TPSA) is 163 Å². The number of urea groups is 2. The quantitative estimate of drug-likeness (QED) is 0.172. The van der Waals surface area contributed by atoms with Crippen molar-refractivity contribution >= 4 is 47.1 Å². The number of nitrogens with one attached hydrogen (secondary N) is 4. The number of carbonyl (C=O) groups excluding carboxylic acids is 6. The summed E-state index contributed by atoms with van der Waals surface area (Å²) in [6.45, 7) is 9.86. The third kappa shape index (κ3) is 8.82. The largest absolute Gasteiger partial charge is 0.368 e. The number of aryl methyl sites for hydroxylation is 2. The van der Waals surface area contributed by atoms with E-state index in [4.69, 9.17) is 0 Å². The number of rotatable bonds is 10. The van der Waals surface area contributed by atoms with Gasteiger partial charge in [0.2, 0.25) is 11.8 Å². The SMILES string of the molecule is Cc1ccccc1N1CCN(C(=O)CCC2(c3ccccc3)NC(=O)NC2=O)CC1.Cc1ccccc1N1CCN(C(=O)CC[C@@]2(c3ccccc3)NC(=O)NC2=O)CC1. The Morgan fingerprint density at radius 3 is 1.13 bits per heavy atom. The van der Waals surface area contributed by atoms with Gasteiger partial charge < -0.3 is 30.2 Å². The molecule has 0 saturated carbocycles. The first-order chi connectivity index (χ1) is 29.0. The van der Waals surface area contributed by atoms with Crippen LogP contribution in [0.15, 0.2) is 109 Å². The van der Waals surface area contributed by atoms with Crippen LogP contribution in [0, 0.1) is 13.8 Å². The maximum absolute atomic E-state index is 12.9. The molecule has 0 aromatic heterocycles. The Bertz CT molecular complexity index is 2060. The van der Waals surface area contributed by atoms with Gasteiger partial charge in [0.05, 0.1) is 0 Å². The molecule has 14 nitrogen and oxygen atoms in total. The monoisotopic (exact) mass is 812 g/mol. The van der Waals surface area contributed by atoms with Gasteiger partial charge in [-0.2, -0.15) is 0 Å². The third-order valence-electron chi connectivity index (χ3n) is 12.0. The number of carbonyl (C=O) groups is 6. The summed E-state index contributed by atoms with van der Waals surface area (Å²) in [4.78, 5) is 83.0. The van der Waals surface area contributed by atoms with Gasteiger partial charge in [0, 0.05) is 76.6 Å². The van der Waals surface area contributed by atoms with E-state index in [1.807, 2.05) is 70.5 Å². The van der Waals surface area contributed by atoms with Crippen LogP contribution in [0.2, 0.25) is 0 Å².